The zero-order valence-corrected chi connectivity index (χ0v) is 23.8. The maximum atomic E-state index is 12.5. The lowest BCUT2D eigenvalue weighted by Gasteiger charge is -2.22. The summed E-state index contributed by atoms with van der Waals surface area (Å²) in [5.41, 5.74) is 2.34. The number of amides is 2. The first-order valence-electron chi connectivity index (χ1n) is 14.7. The van der Waals surface area contributed by atoms with Crippen molar-refractivity contribution in [2.75, 3.05) is 19.7 Å². The lowest BCUT2D eigenvalue weighted by Crippen LogP contribution is -2.37. The van der Waals surface area contributed by atoms with Gasteiger partial charge in [0, 0.05) is 32.4 Å². The zero-order valence-electron chi connectivity index (χ0n) is 23.8. The first-order valence-corrected chi connectivity index (χ1v) is 14.7. The Morgan fingerprint density at radius 2 is 1.53 bits per heavy atom. The molecule has 1 aromatic carbocycles. The van der Waals surface area contributed by atoms with Gasteiger partial charge in [-0.15, -0.1) is 0 Å². The number of rotatable bonds is 18. The van der Waals surface area contributed by atoms with Crippen LogP contribution in [0.4, 0.5) is 0 Å². The molecule has 7 nitrogen and oxygen atoms in total. The highest BCUT2D eigenvalue weighted by atomic mass is 16.3. The molecule has 0 radical (unpaired) electrons. The molecule has 0 aliphatic carbocycles. The summed E-state index contributed by atoms with van der Waals surface area (Å²) in [5, 5.41) is 22.1. The van der Waals surface area contributed by atoms with E-state index in [1.165, 1.54) is 5.56 Å². The Morgan fingerprint density at radius 1 is 0.921 bits per heavy atom. The van der Waals surface area contributed by atoms with Crippen molar-refractivity contribution in [2.45, 2.75) is 116 Å². The fraction of sp³-hybridized carbons (Fsp3) is 0.710. The molecule has 2 rings (SSSR count). The molecule has 0 unspecified atom stereocenters. The van der Waals surface area contributed by atoms with Crippen molar-refractivity contribution in [3.63, 3.8) is 0 Å². The molecular weight excluding hydrogens is 480 g/mol. The van der Waals surface area contributed by atoms with Gasteiger partial charge < -0.3 is 20.4 Å². The first kappa shape index (κ1) is 32.0. The van der Waals surface area contributed by atoms with Crippen molar-refractivity contribution in [3.05, 3.63) is 35.4 Å². The van der Waals surface area contributed by atoms with Gasteiger partial charge in [-0.1, -0.05) is 57.4 Å². The van der Waals surface area contributed by atoms with Crippen molar-refractivity contribution in [3.8, 4) is 0 Å². The maximum Gasteiger partial charge on any atom is 0.227 e. The summed E-state index contributed by atoms with van der Waals surface area (Å²) >= 11 is 0. The molecule has 2 amide bonds. The van der Waals surface area contributed by atoms with Gasteiger partial charge in [-0.25, -0.2) is 0 Å². The number of carbonyl (C=O) groups is 3. The number of hydrogen-bond donors (Lipinski definition) is 3. The van der Waals surface area contributed by atoms with E-state index in [2.05, 4.69) is 43.4 Å². The predicted molar refractivity (Wildman–Crippen MR) is 151 cm³/mol. The van der Waals surface area contributed by atoms with Gasteiger partial charge in [0.25, 0.3) is 0 Å². The minimum atomic E-state index is -0.535. The van der Waals surface area contributed by atoms with Crippen molar-refractivity contribution in [1.82, 2.24) is 10.2 Å². The molecule has 1 aliphatic heterocycles. The molecule has 7 heteroatoms. The van der Waals surface area contributed by atoms with Gasteiger partial charge in [0.2, 0.25) is 11.8 Å². The molecule has 1 aliphatic rings. The third kappa shape index (κ3) is 11.6. The number of Topliss-reactive ketones (excluding diaryl/α,β-unsaturated/α-hetero) is 1. The van der Waals surface area contributed by atoms with Crippen LogP contribution < -0.4 is 5.32 Å². The van der Waals surface area contributed by atoms with Crippen LogP contribution in [-0.2, 0) is 20.8 Å². The van der Waals surface area contributed by atoms with E-state index in [0.717, 1.165) is 56.9 Å². The van der Waals surface area contributed by atoms with E-state index < -0.39 is 6.10 Å². The third-order valence-electron chi connectivity index (χ3n) is 7.47. The number of aliphatic hydroxyl groups excluding tert-OH is 2. The van der Waals surface area contributed by atoms with Crippen molar-refractivity contribution < 1.29 is 24.6 Å². The number of nitrogens with zero attached hydrogens (tertiary/aromatic N) is 1. The lowest BCUT2D eigenvalue weighted by atomic mass is 9.96. The molecule has 1 fully saturated rings. The van der Waals surface area contributed by atoms with Crippen LogP contribution in [0.25, 0.3) is 0 Å². The Bertz CT molecular complexity index is 854. The first-order chi connectivity index (χ1) is 18.2. The Kier molecular flexibility index (Phi) is 14.6. The van der Waals surface area contributed by atoms with E-state index in [-0.39, 0.29) is 36.2 Å². The topological polar surface area (TPSA) is 107 Å². The van der Waals surface area contributed by atoms with Crippen LogP contribution >= 0.6 is 0 Å². The van der Waals surface area contributed by atoms with E-state index in [0.29, 0.717) is 44.7 Å². The highest BCUT2D eigenvalue weighted by Crippen LogP contribution is 2.20. The quantitative estimate of drug-likeness (QED) is 0.242. The minimum Gasteiger partial charge on any atom is -0.394 e. The number of benzene rings is 1. The van der Waals surface area contributed by atoms with Gasteiger partial charge in [0.05, 0.1) is 24.7 Å². The summed E-state index contributed by atoms with van der Waals surface area (Å²) in [5.74, 6) is 0.776. The van der Waals surface area contributed by atoms with E-state index in [9.17, 15) is 24.6 Å². The summed E-state index contributed by atoms with van der Waals surface area (Å²) in [6.07, 6.45) is 8.66. The molecule has 0 spiro atoms. The second-order valence-electron chi connectivity index (χ2n) is 11.4. The van der Waals surface area contributed by atoms with Gasteiger partial charge >= 0.3 is 0 Å². The van der Waals surface area contributed by atoms with E-state index in [4.69, 9.17) is 0 Å². The summed E-state index contributed by atoms with van der Waals surface area (Å²) < 4.78 is 0. The van der Waals surface area contributed by atoms with E-state index in [1.807, 2.05) is 6.92 Å². The predicted octanol–water partition coefficient (Wildman–Crippen LogP) is 4.53. The smallest absolute Gasteiger partial charge is 0.227 e. The minimum absolute atomic E-state index is 0.00178. The zero-order chi connectivity index (χ0) is 27.9. The Morgan fingerprint density at radius 3 is 2.13 bits per heavy atom. The summed E-state index contributed by atoms with van der Waals surface area (Å²) in [6, 6.07) is 8.09. The van der Waals surface area contributed by atoms with Gasteiger partial charge in [-0.05, 0) is 62.5 Å². The Labute approximate surface area is 229 Å². The molecule has 214 valence electrons. The number of hydrogen-bond acceptors (Lipinski definition) is 5. The van der Waals surface area contributed by atoms with Gasteiger partial charge in [0.15, 0.2) is 0 Å². The van der Waals surface area contributed by atoms with Crippen LogP contribution in [0.2, 0.25) is 0 Å². The molecule has 38 heavy (non-hydrogen) atoms. The van der Waals surface area contributed by atoms with E-state index >= 15 is 0 Å². The molecule has 1 heterocycles. The summed E-state index contributed by atoms with van der Waals surface area (Å²) in [6.45, 7) is 7.19. The molecule has 0 bridgehead atoms. The average molecular weight is 531 g/mol. The molecule has 0 aromatic heterocycles. The molecular formula is C31H50N2O5. The van der Waals surface area contributed by atoms with Gasteiger partial charge in [0.1, 0.15) is 5.78 Å². The van der Waals surface area contributed by atoms with Crippen LogP contribution in [0.3, 0.4) is 0 Å². The second kappa shape index (κ2) is 17.4. The average Bonchev–Trinajstić information content (AvgIpc) is 3.28. The lowest BCUT2D eigenvalue weighted by molar-refractivity contribution is -0.133. The SMILES string of the molecule is CC(C)Cc1ccc([C@H](C)C(=O)NCCCCCC(=O)CCCCCCC(=O)N2C[C@H](O)C[C@H]2CO)cc1. The standard InChI is InChI=1S/C31H50N2O5/c1-23(2)19-25-14-16-26(17-15-25)24(3)31(38)32-18-10-6-8-12-28(35)11-7-4-5-9-13-30(37)33-21-29(36)20-27(33)22-34/h14-17,23-24,27,29,34,36H,4-13,18-22H2,1-3H3,(H,32,38)/t24-,27-,29+/m0/s1. The van der Waals surface area contributed by atoms with Crippen LogP contribution in [0.15, 0.2) is 24.3 Å². The number of unbranched alkanes of at least 4 members (excludes halogenated alkanes) is 5. The largest absolute Gasteiger partial charge is 0.394 e. The second-order valence-corrected chi connectivity index (χ2v) is 11.4. The summed E-state index contributed by atoms with van der Waals surface area (Å²) in [7, 11) is 0. The number of ketones is 1. The molecule has 0 saturated carbocycles. The normalized spacial score (nSPS) is 18.1. The maximum absolute atomic E-state index is 12.5. The molecule has 1 saturated heterocycles. The Hall–Kier alpha value is -2.25. The van der Waals surface area contributed by atoms with E-state index in [1.54, 1.807) is 4.90 Å². The highest BCUT2D eigenvalue weighted by Gasteiger charge is 2.33. The monoisotopic (exact) mass is 530 g/mol. The number of aliphatic hydroxyl groups is 2. The fourth-order valence-electron chi connectivity index (χ4n) is 5.14. The molecule has 3 atom stereocenters. The molecule has 3 N–H and O–H groups in total. The van der Waals surface area contributed by atoms with Crippen molar-refractivity contribution in [1.29, 1.82) is 0 Å². The van der Waals surface area contributed by atoms with Crippen molar-refractivity contribution in [2.24, 2.45) is 5.92 Å². The van der Waals surface area contributed by atoms with Gasteiger partial charge in [-0.2, -0.15) is 0 Å². The van der Waals surface area contributed by atoms with Crippen LogP contribution in [-0.4, -0.2) is 64.6 Å². The number of carbonyl (C=O) groups excluding carboxylic acids is 3. The van der Waals surface area contributed by atoms with Crippen LogP contribution in [0.1, 0.15) is 108 Å². The summed E-state index contributed by atoms with van der Waals surface area (Å²) in [4.78, 5) is 38.5. The molecule has 1 aromatic rings. The highest BCUT2D eigenvalue weighted by molar-refractivity contribution is 5.83. The van der Waals surface area contributed by atoms with Crippen LogP contribution in [0.5, 0.6) is 0 Å². The number of β-amino-alcohol motifs (C(OH)–C–C–N with tert-alkyl or cyclic N) is 1. The fourth-order valence-corrected chi connectivity index (χ4v) is 5.14. The third-order valence-corrected chi connectivity index (χ3v) is 7.47. The Balaban J connectivity index is 1.46. The van der Waals surface area contributed by atoms with Crippen molar-refractivity contribution >= 4 is 17.6 Å². The number of likely N-dealkylation sites (tertiary alicyclic amines) is 1. The number of nitrogens with one attached hydrogen (secondary N) is 1. The van der Waals surface area contributed by atoms with Crippen LogP contribution in [0, 0.1) is 5.92 Å². The van der Waals surface area contributed by atoms with Gasteiger partial charge in [-0.3, -0.25) is 14.4 Å².